The van der Waals surface area contributed by atoms with Gasteiger partial charge in [0.2, 0.25) is 17.6 Å². The van der Waals surface area contributed by atoms with Crippen LogP contribution >= 0.6 is 0 Å². The fourth-order valence-electron chi connectivity index (χ4n) is 4.65. The molecule has 0 bridgehead atoms. The predicted octanol–water partition coefficient (Wildman–Crippen LogP) is 3.67. The molecule has 1 unspecified atom stereocenters. The van der Waals surface area contributed by atoms with Crippen molar-refractivity contribution in [2.75, 3.05) is 26.2 Å². The minimum Gasteiger partial charge on any atom is -0.340 e. The summed E-state index contributed by atoms with van der Waals surface area (Å²) in [5.74, 6) is 1.46. The fourth-order valence-corrected chi connectivity index (χ4v) is 4.65. The SMILES string of the molecule is CC(c1nc(-c2ccccc2)no1)N1CCN(C(=O)Cc2ccc3c(c2)CCC3)CC1. The second-order valence-corrected chi connectivity index (χ2v) is 8.55. The molecule has 1 atom stereocenters. The number of carbonyl (C=O) groups is 1. The van der Waals surface area contributed by atoms with Crippen molar-refractivity contribution in [1.29, 1.82) is 0 Å². The van der Waals surface area contributed by atoms with E-state index in [0.717, 1.165) is 43.7 Å². The first-order chi connectivity index (χ1) is 15.2. The highest BCUT2D eigenvalue weighted by Gasteiger charge is 2.28. The molecule has 1 aromatic heterocycles. The molecule has 3 aromatic rings. The first kappa shape index (κ1) is 19.9. The largest absolute Gasteiger partial charge is 0.340 e. The molecule has 0 saturated carbocycles. The predicted molar refractivity (Wildman–Crippen MR) is 118 cm³/mol. The highest BCUT2D eigenvalue weighted by molar-refractivity contribution is 5.79. The van der Waals surface area contributed by atoms with Crippen LogP contribution in [-0.2, 0) is 24.1 Å². The smallest absolute Gasteiger partial charge is 0.244 e. The van der Waals surface area contributed by atoms with Crippen molar-refractivity contribution in [3.05, 3.63) is 71.1 Å². The third kappa shape index (κ3) is 4.26. The zero-order valence-electron chi connectivity index (χ0n) is 18.0. The minimum absolute atomic E-state index is 0.0268. The molecule has 31 heavy (non-hydrogen) atoms. The van der Waals surface area contributed by atoms with Gasteiger partial charge in [0.25, 0.3) is 0 Å². The molecule has 6 heteroatoms. The van der Waals surface area contributed by atoms with Gasteiger partial charge in [0.05, 0.1) is 12.5 Å². The Labute approximate surface area is 182 Å². The van der Waals surface area contributed by atoms with Crippen molar-refractivity contribution < 1.29 is 9.32 Å². The number of carbonyl (C=O) groups excluding carboxylic acids is 1. The van der Waals surface area contributed by atoms with Crippen LogP contribution in [0.4, 0.5) is 0 Å². The number of amides is 1. The lowest BCUT2D eigenvalue weighted by Gasteiger charge is -2.36. The van der Waals surface area contributed by atoms with Crippen LogP contribution in [0.2, 0.25) is 0 Å². The van der Waals surface area contributed by atoms with E-state index >= 15 is 0 Å². The average Bonchev–Trinajstić information content (AvgIpc) is 3.49. The van der Waals surface area contributed by atoms with Gasteiger partial charge < -0.3 is 9.42 Å². The standard InChI is InChI=1S/C25H28N4O2/c1-18(25-26-24(27-31-25)21-6-3-2-4-7-21)28-12-14-29(15-13-28)23(30)17-19-10-11-20-8-5-9-22(20)16-19/h2-4,6-7,10-11,16,18H,5,8-9,12-15,17H2,1H3. The number of aromatic nitrogens is 2. The van der Waals surface area contributed by atoms with Gasteiger partial charge >= 0.3 is 0 Å². The van der Waals surface area contributed by atoms with Crippen LogP contribution in [0.25, 0.3) is 11.4 Å². The monoisotopic (exact) mass is 416 g/mol. The van der Waals surface area contributed by atoms with Crippen molar-refractivity contribution >= 4 is 5.91 Å². The number of benzene rings is 2. The van der Waals surface area contributed by atoms with Crippen LogP contribution in [0.15, 0.2) is 53.1 Å². The number of hydrogen-bond donors (Lipinski definition) is 0. The molecule has 0 spiro atoms. The lowest BCUT2D eigenvalue weighted by molar-refractivity contribution is -0.132. The lowest BCUT2D eigenvalue weighted by atomic mass is 10.0. The van der Waals surface area contributed by atoms with Gasteiger partial charge in [-0.1, -0.05) is 53.7 Å². The molecule has 160 valence electrons. The molecule has 1 fully saturated rings. The molecule has 0 N–H and O–H groups in total. The van der Waals surface area contributed by atoms with Crippen LogP contribution in [0.3, 0.4) is 0 Å². The molecule has 1 saturated heterocycles. The molecule has 6 nitrogen and oxygen atoms in total. The molecule has 2 aliphatic rings. The Bertz CT molecular complexity index is 1050. The Balaban J connectivity index is 1.16. The van der Waals surface area contributed by atoms with Gasteiger partial charge in [-0.15, -0.1) is 0 Å². The van der Waals surface area contributed by atoms with Gasteiger partial charge in [-0.2, -0.15) is 4.98 Å². The van der Waals surface area contributed by atoms with E-state index in [2.05, 4.69) is 40.2 Å². The fraction of sp³-hybridized carbons (Fsp3) is 0.400. The topological polar surface area (TPSA) is 62.5 Å². The van der Waals surface area contributed by atoms with Gasteiger partial charge in [-0.05, 0) is 42.9 Å². The van der Waals surface area contributed by atoms with Crippen LogP contribution in [0.5, 0.6) is 0 Å². The van der Waals surface area contributed by atoms with E-state index in [1.165, 1.54) is 24.0 Å². The second-order valence-electron chi connectivity index (χ2n) is 8.55. The van der Waals surface area contributed by atoms with E-state index in [9.17, 15) is 4.79 Å². The Morgan fingerprint density at radius 3 is 2.61 bits per heavy atom. The molecule has 2 aromatic carbocycles. The first-order valence-electron chi connectivity index (χ1n) is 11.2. The van der Waals surface area contributed by atoms with Crippen LogP contribution in [-0.4, -0.2) is 52.0 Å². The maximum absolute atomic E-state index is 12.8. The molecule has 1 aliphatic heterocycles. The summed E-state index contributed by atoms with van der Waals surface area (Å²) in [5, 5.41) is 4.14. The maximum atomic E-state index is 12.8. The van der Waals surface area contributed by atoms with Gasteiger partial charge in [-0.25, -0.2) is 0 Å². The quantitative estimate of drug-likeness (QED) is 0.635. The summed E-state index contributed by atoms with van der Waals surface area (Å²) in [5.41, 5.74) is 4.97. The van der Waals surface area contributed by atoms with E-state index in [1.807, 2.05) is 35.2 Å². The summed E-state index contributed by atoms with van der Waals surface area (Å²) >= 11 is 0. The van der Waals surface area contributed by atoms with E-state index < -0.39 is 0 Å². The number of aryl methyl sites for hydroxylation is 2. The molecule has 2 heterocycles. The first-order valence-corrected chi connectivity index (χ1v) is 11.2. The Morgan fingerprint density at radius 2 is 1.81 bits per heavy atom. The van der Waals surface area contributed by atoms with Gasteiger partial charge in [0, 0.05) is 31.7 Å². The molecular weight excluding hydrogens is 388 g/mol. The summed E-state index contributed by atoms with van der Waals surface area (Å²) in [6.07, 6.45) is 4.05. The summed E-state index contributed by atoms with van der Waals surface area (Å²) in [6.45, 7) is 5.16. The Kier molecular flexibility index (Phi) is 5.55. The number of piperazine rings is 1. The van der Waals surface area contributed by atoms with Crippen molar-refractivity contribution in [1.82, 2.24) is 19.9 Å². The van der Waals surface area contributed by atoms with Gasteiger partial charge in [0.1, 0.15) is 0 Å². The van der Waals surface area contributed by atoms with Gasteiger partial charge in [0.15, 0.2) is 0 Å². The van der Waals surface area contributed by atoms with Crippen molar-refractivity contribution in [3.8, 4) is 11.4 Å². The Hall–Kier alpha value is -2.99. The third-order valence-electron chi connectivity index (χ3n) is 6.56. The number of fused-ring (bicyclic) bond motifs is 1. The maximum Gasteiger partial charge on any atom is 0.244 e. The van der Waals surface area contributed by atoms with Crippen molar-refractivity contribution in [3.63, 3.8) is 0 Å². The third-order valence-corrected chi connectivity index (χ3v) is 6.56. The van der Waals surface area contributed by atoms with E-state index in [0.29, 0.717) is 18.1 Å². The molecule has 0 radical (unpaired) electrons. The van der Waals surface area contributed by atoms with Crippen LogP contribution < -0.4 is 0 Å². The zero-order chi connectivity index (χ0) is 21.2. The van der Waals surface area contributed by atoms with Crippen LogP contribution in [0, 0.1) is 0 Å². The summed E-state index contributed by atoms with van der Waals surface area (Å²) in [6, 6.07) is 16.4. The molecular formula is C25H28N4O2. The highest BCUT2D eigenvalue weighted by atomic mass is 16.5. The normalized spacial score (nSPS) is 17.5. The summed E-state index contributed by atoms with van der Waals surface area (Å²) in [4.78, 5) is 21.7. The number of rotatable bonds is 5. The average molecular weight is 417 g/mol. The second kappa shape index (κ2) is 8.63. The number of hydrogen-bond acceptors (Lipinski definition) is 5. The van der Waals surface area contributed by atoms with Gasteiger partial charge in [-0.3, -0.25) is 9.69 Å². The lowest BCUT2D eigenvalue weighted by Crippen LogP contribution is -2.49. The van der Waals surface area contributed by atoms with Crippen LogP contribution in [0.1, 0.15) is 42.0 Å². The van der Waals surface area contributed by atoms with E-state index in [1.54, 1.807) is 0 Å². The number of nitrogens with zero attached hydrogens (tertiary/aromatic N) is 4. The molecule has 5 rings (SSSR count). The van der Waals surface area contributed by atoms with Crippen molar-refractivity contribution in [2.45, 2.75) is 38.6 Å². The molecule has 1 amide bonds. The summed E-state index contributed by atoms with van der Waals surface area (Å²) < 4.78 is 5.54. The zero-order valence-corrected chi connectivity index (χ0v) is 18.0. The highest BCUT2D eigenvalue weighted by Crippen LogP contribution is 2.25. The van der Waals surface area contributed by atoms with E-state index in [4.69, 9.17) is 4.52 Å². The molecule has 1 aliphatic carbocycles. The summed E-state index contributed by atoms with van der Waals surface area (Å²) in [7, 11) is 0. The minimum atomic E-state index is 0.0268. The van der Waals surface area contributed by atoms with E-state index in [-0.39, 0.29) is 11.9 Å². The Morgan fingerprint density at radius 1 is 1.03 bits per heavy atom. The van der Waals surface area contributed by atoms with Crippen molar-refractivity contribution in [2.24, 2.45) is 0 Å².